The Morgan fingerprint density at radius 2 is 1.55 bits per heavy atom. The number of carbonyl (C=O) groups is 3. The van der Waals surface area contributed by atoms with Gasteiger partial charge in [-0.25, -0.2) is 18.0 Å². The minimum absolute atomic E-state index is 0.177. The van der Waals surface area contributed by atoms with Crippen molar-refractivity contribution in [2.45, 2.75) is 45.8 Å². The molecular weight excluding hydrogens is 441 g/mol. The fourth-order valence-electron chi connectivity index (χ4n) is 2.68. The van der Waals surface area contributed by atoms with Gasteiger partial charge in [0.25, 0.3) is 5.91 Å². The number of anilines is 2. The van der Waals surface area contributed by atoms with Crippen molar-refractivity contribution < 1.29 is 32.3 Å². The second kappa shape index (κ2) is 10.7. The Morgan fingerprint density at radius 3 is 2.12 bits per heavy atom. The van der Waals surface area contributed by atoms with E-state index in [1.165, 1.54) is 12.1 Å². The lowest BCUT2D eigenvalue weighted by Gasteiger charge is -2.23. The largest absolute Gasteiger partial charge is 0.444 e. The van der Waals surface area contributed by atoms with Crippen LogP contribution in [0.15, 0.2) is 36.4 Å². The van der Waals surface area contributed by atoms with Gasteiger partial charge in [-0.3, -0.25) is 20.4 Å². The van der Waals surface area contributed by atoms with E-state index in [0.717, 1.165) is 24.3 Å². The van der Waals surface area contributed by atoms with Gasteiger partial charge in [0.1, 0.15) is 28.7 Å². The highest BCUT2D eigenvalue weighted by Gasteiger charge is 2.25. The van der Waals surface area contributed by atoms with Crippen LogP contribution in [0, 0.1) is 17.5 Å². The van der Waals surface area contributed by atoms with Crippen molar-refractivity contribution in [2.75, 3.05) is 10.7 Å². The van der Waals surface area contributed by atoms with Gasteiger partial charge in [-0.2, -0.15) is 0 Å². The molecule has 4 N–H and O–H groups in total. The predicted octanol–water partition coefficient (Wildman–Crippen LogP) is 4.10. The van der Waals surface area contributed by atoms with E-state index in [1.54, 1.807) is 27.7 Å². The summed E-state index contributed by atoms with van der Waals surface area (Å²) in [5.41, 5.74) is 1.86. The summed E-state index contributed by atoms with van der Waals surface area (Å²) in [4.78, 5) is 37.2. The van der Waals surface area contributed by atoms with E-state index in [1.807, 2.05) is 5.43 Å². The van der Waals surface area contributed by atoms with E-state index in [2.05, 4.69) is 16.1 Å². The number of nitrogens with one attached hydrogen (secondary N) is 4. The average molecular weight is 466 g/mol. The molecule has 2 aromatic carbocycles. The van der Waals surface area contributed by atoms with Gasteiger partial charge >= 0.3 is 6.09 Å². The second-order valence-corrected chi connectivity index (χ2v) is 7.93. The van der Waals surface area contributed by atoms with Gasteiger partial charge in [-0.1, -0.05) is 19.1 Å². The number of ether oxygens (including phenoxy) is 1. The molecule has 0 aromatic heterocycles. The Balaban J connectivity index is 2.16. The first-order chi connectivity index (χ1) is 15.4. The first kappa shape index (κ1) is 25.5. The maximum Gasteiger partial charge on any atom is 0.408 e. The number of carbonyl (C=O) groups excluding carboxylic acids is 3. The van der Waals surface area contributed by atoms with Gasteiger partial charge in [-0.05, 0) is 51.5 Å². The highest BCUT2D eigenvalue weighted by Crippen LogP contribution is 2.21. The zero-order valence-electron chi connectivity index (χ0n) is 18.5. The van der Waals surface area contributed by atoms with Crippen LogP contribution in [0.4, 0.5) is 29.3 Å². The molecule has 0 heterocycles. The average Bonchev–Trinajstić information content (AvgIpc) is 2.70. The molecule has 0 aliphatic carbocycles. The lowest BCUT2D eigenvalue weighted by atomic mass is 10.1. The van der Waals surface area contributed by atoms with Gasteiger partial charge in [0.2, 0.25) is 5.91 Å². The van der Waals surface area contributed by atoms with Gasteiger partial charge in [-0.15, -0.1) is 0 Å². The molecule has 0 fully saturated rings. The van der Waals surface area contributed by atoms with Crippen LogP contribution in [-0.4, -0.2) is 29.6 Å². The predicted molar refractivity (Wildman–Crippen MR) is 116 cm³/mol. The number of amides is 3. The van der Waals surface area contributed by atoms with E-state index in [9.17, 15) is 27.6 Å². The fourth-order valence-corrected chi connectivity index (χ4v) is 2.68. The molecule has 1 atom stereocenters. The molecule has 0 radical (unpaired) electrons. The van der Waals surface area contributed by atoms with Crippen LogP contribution in [-0.2, 0) is 9.53 Å². The van der Waals surface area contributed by atoms with Crippen molar-refractivity contribution in [3.8, 4) is 0 Å². The van der Waals surface area contributed by atoms with Crippen molar-refractivity contribution in [3.63, 3.8) is 0 Å². The smallest absolute Gasteiger partial charge is 0.408 e. The van der Waals surface area contributed by atoms with E-state index in [0.29, 0.717) is 0 Å². The molecule has 0 unspecified atom stereocenters. The number of hydrazine groups is 1. The van der Waals surface area contributed by atoms with Crippen LogP contribution in [0.5, 0.6) is 0 Å². The zero-order valence-corrected chi connectivity index (χ0v) is 18.5. The number of hydrogen-bond acceptors (Lipinski definition) is 5. The SMILES string of the molecule is CC[C@H](NC(=O)OC(C)(C)C)C(=O)Nc1cccc(F)c1C(=O)NNc1c(F)cccc1F. The molecule has 33 heavy (non-hydrogen) atoms. The van der Waals surface area contributed by atoms with Gasteiger partial charge in [0.05, 0.1) is 5.69 Å². The molecule has 2 rings (SSSR count). The van der Waals surface area contributed by atoms with Gasteiger partial charge in [0, 0.05) is 0 Å². The normalized spacial score (nSPS) is 11.8. The van der Waals surface area contributed by atoms with E-state index < -0.39 is 58.3 Å². The van der Waals surface area contributed by atoms with Crippen molar-refractivity contribution in [1.29, 1.82) is 0 Å². The molecule has 0 saturated heterocycles. The Hall–Kier alpha value is -3.76. The molecule has 0 aliphatic heterocycles. The first-order valence-corrected chi connectivity index (χ1v) is 10.0. The molecule has 11 heteroatoms. The minimum Gasteiger partial charge on any atom is -0.444 e. The third kappa shape index (κ3) is 7.13. The summed E-state index contributed by atoms with van der Waals surface area (Å²) in [5, 5.41) is 4.79. The number of halogens is 3. The third-order valence-corrected chi connectivity index (χ3v) is 4.18. The van der Waals surface area contributed by atoms with Crippen LogP contribution in [0.25, 0.3) is 0 Å². The first-order valence-electron chi connectivity index (χ1n) is 10.0. The Morgan fingerprint density at radius 1 is 0.970 bits per heavy atom. The quantitative estimate of drug-likeness (QED) is 0.460. The van der Waals surface area contributed by atoms with Gasteiger partial charge < -0.3 is 15.4 Å². The Bertz CT molecular complexity index is 1020. The van der Waals surface area contributed by atoms with Crippen molar-refractivity contribution in [3.05, 3.63) is 59.4 Å². The summed E-state index contributed by atoms with van der Waals surface area (Å²) < 4.78 is 47.0. The number of hydrogen-bond donors (Lipinski definition) is 4. The monoisotopic (exact) mass is 466 g/mol. The van der Waals surface area contributed by atoms with Crippen molar-refractivity contribution >= 4 is 29.3 Å². The van der Waals surface area contributed by atoms with E-state index >= 15 is 0 Å². The molecule has 178 valence electrons. The molecule has 2 aromatic rings. The maximum atomic E-state index is 14.4. The van der Waals surface area contributed by atoms with Crippen LogP contribution in [0.3, 0.4) is 0 Å². The highest BCUT2D eigenvalue weighted by atomic mass is 19.1. The van der Waals surface area contributed by atoms with Crippen LogP contribution >= 0.6 is 0 Å². The third-order valence-electron chi connectivity index (χ3n) is 4.18. The van der Waals surface area contributed by atoms with Crippen LogP contribution < -0.4 is 21.5 Å². The summed E-state index contributed by atoms with van der Waals surface area (Å²) in [7, 11) is 0. The highest BCUT2D eigenvalue weighted by molar-refractivity contribution is 6.05. The lowest BCUT2D eigenvalue weighted by molar-refractivity contribution is -0.118. The fraction of sp³-hybridized carbons (Fsp3) is 0.318. The van der Waals surface area contributed by atoms with Crippen LogP contribution in [0.2, 0.25) is 0 Å². The molecule has 0 saturated carbocycles. The second-order valence-electron chi connectivity index (χ2n) is 7.93. The van der Waals surface area contributed by atoms with Gasteiger partial charge in [0.15, 0.2) is 11.6 Å². The summed E-state index contributed by atoms with van der Waals surface area (Å²) >= 11 is 0. The maximum absolute atomic E-state index is 14.4. The standard InChI is InChI=1S/C22H25F3N4O4/c1-5-15(27-21(32)33-22(2,3)4)19(30)26-16-11-7-8-12(23)17(16)20(31)29-28-18-13(24)9-6-10-14(18)25/h6-11,15,28H,5H2,1-4H3,(H,26,30)(H,27,32)(H,29,31)/t15-/m0/s1. The molecule has 0 bridgehead atoms. The molecule has 0 aliphatic rings. The Kier molecular flexibility index (Phi) is 8.27. The number of rotatable bonds is 7. The topological polar surface area (TPSA) is 109 Å². The van der Waals surface area contributed by atoms with E-state index in [-0.39, 0.29) is 12.1 Å². The van der Waals surface area contributed by atoms with Crippen LogP contribution in [0.1, 0.15) is 44.5 Å². The van der Waals surface area contributed by atoms with Crippen molar-refractivity contribution in [1.82, 2.24) is 10.7 Å². The van der Waals surface area contributed by atoms with E-state index in [4.69, 9.17) is 4.74 Å². The molecular formula is C22H25F3N4O4. The Labute approximate surface area is 188 Å². The summed E-state index contributed by atoms with van der Waals surface area (Å²) in [6.07, 6.45) is -0.645. The summed E-state index contributed by atoms with van der Waals surface area (Å²) in [6.45, 7) is 6.61. The molecule has 0 spiro atoms. The van der Waals surface area contributed by atoms with Crippen molar-refractivity contribution in [2.24, 2.45) is 0 Å². The summed E-state index contributed by atoms with van der Waals surface area (Å²) in [5.74, 6) is -4.77. The number of benzene rings is 2. The lowest BCUT2D eigenvalue weighted by Crippen LogP contribution is -2.45. The minimum atomic E-state index is -1.10. The molecule has 3 amide bonds. The number of para-hydroxylation sites is 1. The number of alkyl carbamates (subject to hydrolysis) is 1. The zero-order chi connectivity index (χ0) is 24.8. The summed E-state index contributed by atoms with van der Waals surface area (Å²) in [6, 6.07) is 5.53. The molecule has 8 nitrogen and oxygen atoms in total.